The Bertz CT molecular complexity index is 1130. The van der Waals surface area contributed by atoms with E-state index in [1.54, 1.807) is 30.0 Å². The predicted octanol–water partition coefficient (Wildman–Crippen LogP) is 4.32. The minimum atomic E-state index is -3.63. The van der Waals surface area contributed by atoms with E-state index < -0.39 is 10.0 Å². The van der Waals surface area contributed by atoms with E-state index in [2.05, 4.69) is 47.0 Å². The van der Waals surface area contributed by atoms with Gasteiger partial charge < -0.3 is 5.32 Å². The molecule has 2 aliphatic rings. The molecule has 0 radical (unpaired) electrons. The average molecular weight is 488 g/mol. The topological polar surface area (TPSA) is 78.5 Å². The average Bonchev–Trinajstić information content (AvgIpc) is 2.91. The standard InChI is InChI=1S/C25H33N3O3S2/c1-17-4-5-18(2)21(12-17)16-28-10-8-20(9-11-28)15-26-33(30,31)22-6-7-24-23(14-22)27-25(29)13-19(3)32-24/h4-7,12,14,19-20,26H,8-11,13,15-16H2,1-3H3,(H,27,29)/t19-/m1/s1. The van der Waals surface area contributed by atoms with Gasteiger partial charge in [-0.15, -0.1) is 11.8 Å². The van der Waals surface area contributed by atoms with Crippen LogP contribution in [0.5, 0.6) is 0 Å². The molecule has 1 fully saturated rings. The number of rotatable bonds is 6. The van der Waals surface area contributed by atoms with E-state index in [9.17, 15) is 13.2 Å². The minimum absolute atomic E-state index is 0.0797. The minimum Gasteiger partial charge on any atom is -0.325 e. The van der Waals surface area contributed by atoms with Gasteiger partial charge in [0.05, 0.1) is 10.6 Å². The SMILES string of the molecule is Cc1ccc(C)c(CN2CCC(CNS(=O)(=O)c3ccc4c(c3)NC(=O)C[C@@H](C)S4)CC2)c1. The fraction of sp³-hybridized carbons (Fsp3) is 0.480. The van der Waals surface area contributed by atoms with Crippen LogP contribution in [-0.2, 0) is 21.4 Å². The van der Waals surface area contributed by atoms with Crippen LogP contribution in [0.25, 0.3) is 0 Å². The summed E-state index contributed by atoms with van der Waals surface area (Å²) in [5.41, 5.74) is 4.56. The van der Waals surface area contributed by atoms with Gasteiger partial charge in [0.15, 0.2) is 0 Å². The number of carbonyl (C=O) groups excluding carboxylic acids is 1. The molecule has 2 N–H and O–H groups in total. The first-order valence-corrected chi connectivity index (χ1v) is 13.9. The van der Waals surface area contributed by atoms with Crippen molar-refractivity contribution in [1.29, 1.82) is 0 Å². The van der Waals surface area contributed by atoms with E-state index in [1.807, 2.05) is 6.92 Å². The van der Waals surface area contributed by atoms with Crippen LogP contribution < -0.4 is 10.0 Å². The van der Waals surface area contributed by atoms with Gasteiger partial charge in [0.25, 0.3) is 0 Å². The summed E-state index contributed by atoms with van der Waals surface area (Å²) < 4.78 is 28.7. The third kappa shape index (κ3) is 6.18. The molecule has 1 amide bonds. The normalized spacial score (nSPS) is 20.2. The lowest BCUT2D eigenvalue weighted by atomic mass is 9.96. The second-order valence-electron chi connectivity index (χ2n) is 9.34. The number of anilines is 1. The molecule has 178 valence electrons. The molecule has 1 saturated heterocycles. The molecular weight excluding hydrogens is 454 g/mol. The Morgan fingerprint density at radius 3 is 2.64 bits per heavy atom. The Kier molecular flexibility index (Phi) is 7.48. The molecule has 0 aliphatic carbocycles. The van der Waals surface area contributed by atoms with Crippen molar-refractivity contribution < 1.29 is 13.2 Å². The first-order chi connectivity index (χ1) is 15.7. The lowest BCUT2D eigenvalue weighted by molar-refractivity contribution is -0.116. The number of likely N-dealkylation sites (tertiary alicyclic amines) is 1. The summed E-state index contributed by atoms with van der Waals surface area (Å²) in [5, 5.41) is 3.01. The Morgan fingerprint density at radius 2 is 1.88 bits per heavy atom. The van der Waals surface area contributed by atoms with Crippen molar-refractivity contribution in [2.24, 2.45) is 5.92 Å². The fourth-order valence-corrected chi connectivity index (χ4v) is 6.66. The van der Waals surface area contributed by atoms with Crippen molar-refractivity contribution in [1.82, 2.24) is 9.62 Å². The van der Waals surface area contributed by atoms with Crippen molar-refractivity contribution in [3.63, 3.8) is 0 Å². The monoisotopic (exact) mass is 487 g/mol. The highest BCUT2D eigenvalue weighted by Gasteiger charge is 2.24. The Balaban J connectivity index is 1.32. The number of benzene rings is 2. The zero-order valence-corrected chi connectivity index (χ0v) is 21.2. The Labute approximate surface area is 201 Å². The van der Waals surface area contributed by atoms with Crippen LogP contribution in [0.3, 0.4) is 0 Å². The summed E-state index contributed by atoms with van der Waals surface area (Å²) in [5.74, 6) is 0.246. The molecule has 8 heteroatoms. The number of hydrogen-bond acceptors (Lipinski definition) is 5. The van der Waals surface area contributed by atoms with Crippen LogP contribution in [-0.4, -0.2) is 44.1 Å². The van der Waals surface area contributed by atoms with Gasteiger partial charge in [0, 0.05) is 29.7 Å². The van der Waals surface area contributed by atoms with Crippen molar-refractivity contribution in [3.05, 3.63) is 53.1 Å². The quantitative estimate of drug-likeness (QED) is 0.635. The third-order valence-corrected chi connectivity index (χ3v) is 9.10. The van der Waals surface area contributed by atoms with Crippen molar-refractivity contribution >= 4 is 33.4 Å². The summed E-state index contributed by atoms with van der Waals surface area (Å²) in [6.45, 7) is 9.61. The van der Waals surface area contributed by atoms with Gasteiger partial charge in [-0.3, -0.25) is 9.69 Å². The van der Waals surface area contributed by atoms with Crippen LogP contribution in [0.15, 0.2) is 46.2 Å². The van der Waals surface area contributed by atoms with E-state index in [-0.39, 0.29) is 16.1 Å². The van der Waals surface area contributed by atoms with Gasteiger partial charge in [0.2, 0.25) is 15.9 Å². The summed E-state index contributed by atoms with van der Waals surface area (Å²) in [6, 6.07) is 11.6. The zero-order valence-electron chi connectivity index (χ0n) is 19.6. The highest BCUT2D eigenvalue weighted by molar-refractivity contribution is 8.00. The summed E-state index contributed by atoms with van der Waals surface area (Å²) >= 11 is 1.59. The van der Waals surface area contributed by atoms with Crippen LogP contribution in [0.1, 0.15) is 42.9 Å². The van der Waals surface area contributed by atoms with E-state index >= 15 is 0 Å². The smallest absolute Gasteiger partial charge is 0.240 e. The maximum Gasteiger partial charge on any atom is 0.240 e. The molecule has 0 spiro atoms. The summed E-state index contributed by atoms with van der Waals surface area (Å²) in [7, 11) is -3.63. The molecule has 0 aromatic heterocycles. The van der Waals surface area contributed by atoms with Gasteiger partial charge in [-0.2, -0.15) is 0 Å². The number of hydrogen-bond donors (Lipinski definition) is 2. The van der Waals surface area contributed by atoms with Crippen molar-refractivity contribution in [2.75, 3.05) is 25.0 Å². The number of nitrogens with zero attached hydrogens (tertiary/aromatic N) is 1. The maximum atomic E-state index is 12.9. The largest absolute Gasteiger partial charge is 0.325 e. The van der Waals surface area contributed by atoms with Crippen LogP contribution in [0.2, 0.25) is 0 Å². The second-order valence-corrected chi connectivity index (χ2v) is 12.6. The maximum absolute atomic E-state index is 12.9. The van der Waals surface area contributed by atoms with Crippen LogP contribution >= 0.6 is 11.8 Å². The second kappa shape index (κ2) is 10.2. The molecule has 0 bridgehead atoms. The van der Waals surface area contributed by atoms with Gasteiger partial charge in [-0.05, 0) is 75.0 Å². The molecule has 4 rings (SSSR count). The van der Waals surface area contributed by atoms with E-state index in [4.69, 9.17) is 0 Å². The van der Waals surface area contributed by atoms with Crippen molar-refractivity contribution in [3.8, 4) is 0 Å². The van der Waals surface area contributed by atoms with Crippen LogP contribution in [0, 0.1) is 19.8 Å². The molecule has 2 aliphatic heterocycles. The molecule has 2 aromatic carbocycles. The molecule has 6 nitrogen and oxygen atoms in total. The number of carbonyl (C=O) groups is 1. The Morgan fingerprint density at radius 1 is 1.12 bits per heavy atom. The lowest BCUT2D eigenvalue weighted by Crippen LogP contribution is -2.38. The number of piperidine rings is 1. The van der Waals surface area contributed by atoms with E-state index in [0.29, 0.717) is 24.6 Å². The van der Waals surface area contributed by atoms with Crippen molar-refractivity contribution in [2.45, 2.75) is 61.6 Å². The number of aryl methyl sites for hydroxylation is 2. The Hall–Kier alpha value is -1.87. The lowest BCUT2D eigenvalue weighted by Gasteiger charge is -2.32. The molecule has 2 heterocycles. The highest BCUT2D eigenvalue weighted by atomic mass is 32.2. The zero-order chi connectivity index (χ0) is 23.6. The molecular formula is C25H33N3O3S2. The predicted molar refractivity (Wildman–Crippen MR) is 134 cm³/mol. The highest BCUT2D eigenvalue weighted by Crippen LogP contribution is 2.36. The fourth-order valence-electron chi connectivity index (χ4n) is 4.47. The van der Waals surface area contributed by atoms with Gasteiger partial charge in [-0.1, -0.05) is 30.7 Å². The van der Waals surface area contributed by atoms with Gasteiger partial charge in [0.1, 0.15) is 0 Å². The number of amides is 1. The van der Waals surface area contributed by atoms with Gasteiger partial charge in [-0.25, -0.2) is 13.1 Å². The summed E-state index contributed by atoms with van der Waals surface area (Å²) in [6.07, 6.45) is 2.37. The third-order valence-electron chi connectivity index (χ3n) is 6.50. The molecule has 2 aromatic rings. The first-order valence-electron chi connectivity index (χ1n) is 11.6. The molecule has 0 saturated carbocycles. The summed E-state index contributed by atoms with van der Waals surface area (Å²) in [4.78, 5) is 15.6. The number of nitrogens with one attached hydrogen (secondary N) is 2. The molecule has 33 heavy (non-hydrogen) atoms. The molecule has 1 atom stereocenters. The number of fused-ring (bicyclic) bond motifs is 1. The molecule has 0 unspecified atom stereocenters. The number of sulfonamides is 1. The first kappa shape index (κ1) is 24.3. The van der Waals surface area contributed by atoms with Crippen LogP contribution in [0.4, 0.5) is 5.69 Å². The van der Waals surface area contributed by atoms with E-state index in [0.717, 1.165) is 37.4 Å². The van der Waals surface area contributed by atoms with Gasteiger partial charge >= 0.3 is 0 Å². The number of thioether (sulfide) groups is 1. The van der Waals surface area contributed by atoms with E-state index in [1.165, 1.54) is 16.7 Å².